The minimum Gasteiger partial charge on any atom is -0.468 e. The Morgan fingerprint density at radius 1 is 1.33 bits per heavy atom. The molecule has 0 aromatic carbocycles. The zero-order valence-electron chi connectivity index (χ0n) is 12.4. The normalized spacial score (nSPS) is 23.2. The highest BCUT2D eigenvalue weighted by Gasteiger charge is 2.45. The van der Waals surface area contributed by atoms with Crippen molar-refractivity contribution in [3.05, 3.63) is 0 Å². The van der Waals surface area contributed by atoms with E-state index in [-0.39, 0.29) is 6.42 Å². The Kier molecular flexibility index (Phi) is 5.25. The summed E-state index contributed by atoms with van der Waals surface area (Å²) in [5.74, 6) is -4.48. The van der Waals surface area contributed by atoms with Crippen LogP contribution in [0, 0.1) is 11.8 Å². The van der Waals surface area contributed by atoms with Gasteiger partial charge < -0.3 is 9.47 Å². The Bertz CT molecular complexity index is 433. The first-order valence-electron chi connectivity index (χ1n) is 6.47. The molecule has 8 heteroatoms. The summed E-state index contributed by atoms with van der Waals surface area (Å²) in [7, 11) is 1.05. The van der Waals surface area contributed by atoms with E-state index in [2.05, 4.69) is 4.74 Å². The van der Waals surface area contributed by atoms with Gasteiger partial charge in [0, 0.05) is 12.5 Å². The molecule has 0 aliphatic carbocycles. The van der Waals surface area contributed by atoms with Crippen LogP contribution in [-0.2, 0) is 19.1 Å². The molecule has 2 unspecified atom stereocenters. The van der Waals surface area contributed by atoms with Crippen LogP contribution in [0.3, 0.4) is 0 Å². The summed E-state index contributed by atoms with van der Waals surface area (Å²) in [5, 5.41) is 0. The number of nitrogens with zero attached hydrogens (tertiary/aromatic N) is 1. The summed E-state index contributed by atoms with van der Waals surface area (Å²) < 4.78 is 35.3. The molecule has 0 N–H and O–H groups in total. The number of alkyl halides is 2. The van der Waals surface area contributed by atoms with Gasteiger partial charge in [0.25, 0.3) is 0 Å². The number of hydrogen-bond acceptors (Lipinski definition) is 5. The number of methoxy groups -OCH3 is 1. The van der Waals surface area contributed by atoms with Gasteiger partial charge in [-0.3, -0.25) is 9.59 Å². The molecule has 1 aliphatic rings. The highest BCUT2D eigenvalue weighted by molar-refractivity contribution is 6.04. The molecule has 2 atom stereocenters. The van der Waals surface area contributed by atoms with Crippen molar-refractivity contribution >= 4 is 18.0 Å². The molecular formula is C13H19F2NO5. The Hall–Kier alpha value is -1.73. The number of ether oxygens (including phenoxy) is 2. The zero-order valence-corrected chi connectivity index (χ0v) is 12.4. The van der Waals surface area contributed by atoms with E-state index in [9.17, 15) is 23.2 Å². The first kappa shape index (κ1) is 17.3. The number of esters is 1. The van der Waals surface area contributed by atoms with Gasteiger partial charge in [0.1, 0.15) is 11.5 Å². The Morgan fingerprint density at radius 2 is 1.90 bits per heavy atom. The molecule has 1 rings (SSSR count). The number of halogens is 2. The number of amides is 2. The van der Waals surface area contributed by atoms with E-state index in [1.54, 1.807) is 20.8 Å². The third kappa shape index (κ3) is 4.37. The highest BCUT2D eigenvalue weighted by Crippen LogP contribution is 2.29. The zero-order chi connectivity index (χ0) is 16.4. The van der Waals surface area contributed by atoms with Gasteiger partial charge in [-0.15, -0.1) is 0 Å². The standard InChI is InChI=1S/C13H19F2NO5/c1-13(2,3)21-12(19)16-6-7(9(14)15)5-8(10(16)17)11(18)20-4/h7-9H,5-6H2,1-4H3. The van der Waals surface area contributed by atoms with E-state index >= 15 is 0 Å². The van der Waals surface area contributed by atoms with E-state index in [4.69, 9.17) is 4.74 Å². The average Bonchev–Trinajstić information content (AvgIpc) is 2.35. The van der Waals surface area contributed by atoms with E-state index in [0.717, 1.165) is 7.11 Å². The lowest BCUT2D eigenvalue weighted by atomic mass is 9.89. The topological polar surface area (TPSA) is 72.9 Å². The summed E-state index contributed by atoms with van der Waals surface area (Å²) in [6.07, 6.45) is -4.13. The Labute approximate surface area is 121 Å². The van der Waals surface area contributed by atoms with Crippen LogP contribution in [0.2, 0.25) is 0 Å². The van der Waals surface area contributed by atoms with Crippen molar-refractivity contribution in [1.29, 1.82) is 0 Å². The minimum atomic E-state index is -2.75. The van der Waals surface area contributed by atoms with E-state index in [1.165, 1.54) is 0 Å². The maximum atomic E-state index is 12.9. The first-order valence-corrected chi connectivity index (χ1v) is 6.47. The molecule has 0 radical (unpaired) electrons. The Balaban J connectivity index is 2.97. The molecule has 120 valence electrons. The number of likely N-dealkylation sites (tertiary alicyclic amines) is 1. The molecule has 6 nitrogen and oxygen atoms in total. The SMILES string of the molecule is COC(=O)C1CC(C(F)F)CN(C(=O)OC(C)(C)C)C1=O. The fourth-order valence-electron chi connectivity index (χ4n) is 1.99. The molecule has 0 aromatic heterocycles. The van der Waals surface area contributed by atoms with Gasteiger partial charge in [0.2, 0.25) is 12.3 Å². The van der Waals surface area contributed by atoms with Gasteiger partial charge in [0.15, 0.2) is 0 Å². The van der Waals surface area contributed by atoms with Crippen LogP contribution < -0.4 is 0 Å². The fraction of sp³-hybridized carbons (Fsp3) is 0.769. The third-order valence-corrected chi connectivity index (χ3v) is 2.98. The van der Waals surface area contributed by atoms with Crippen molar-refractivity contribution in [2.45, 2.75) is 39.2 Å². The summed E-state index contributed by atoms with van der Waals surface area (Å²) in [5.41, 5.74) is -0.879. The van der Waals surface area contributed by atoms with Gasteiger partial charge in [-0.25, -0.2) is 18.5 Å². The van der Waals surface area contributed by atoms with Crippen molar-refractivity contribution in [2.75, 3.05) is 13.7 Å². The number of carbonyl (C=O) groups is 3. The molecule has 0 spiro atoms. The van der Waals surface area contributed by atoms with Crippen LogP contribution in [-0.4, -0.2) is 48.6 Å². The minimum absolute atomic E-state index is 0.345. The van der Waals surface area contributed by atoms with Crippen LogP contribution in [0.4, 0.5) is 13.6 Å². The molecule has 21 heavy (non-hydrogen) atoms. The molecule has 1 saturated heterocycles. The lowest BCUT2D eigenvalue weighted by molar-refractivity contribution is -0.158. The van der Waals surface area contributed by atoms with Crippen LogP contribution in [0.25, 0.3) is 0 Å². The number of hydrogen-bond donors (Lipinski definition) is 0. The van der Waals surface area contributed by atoms with Crippen molar-refractivity contribution in [1.82, 2.24) is 4.90 Å². The second-order valence-electron chi connectivity index (χ2n) is 5.84. The highest BCUT2D eigenvalue weighted by atomic mass is 19.3. The molecular weight excluding hydrogens is 288 g/mol. The van der Waals surface area contributed by atoms with Gasteiger partial charge >= 0.3 is 12.1 Å². The van der Waals surface area contributed by atoms with E-state index < -0.39 is 48.4 Å². The maximum Gasteiger partial charge on any atom is 0.417 e. The first-order chi connectivity index (χ1) is 9.56. The third-order valence-electron chi connectivity index (χ3n) is 2.98. The molecule has 0 bridgehead atoms. The second kappa shape index (κ2) is 6.36. The Morgan fingerprint density at radius 3 is 2.33 bits per heavy atom. The van der Waals surface area contributed by atoms with E-state index in [1.807, 2.05) is 0 Å². The largest absolute Gasteiger partial charge is 0.468 e. The van der Waals surface area contributed by atoms with Gasteiger partial charge in [-0.2, -0.15) is 0 Å². The quantitative estimate of drug-likeness (QED) is 0.575. The molecule has 1 fully saturated rings. The molecule has 2 amide bonds. The number of carbonyl (C=O) groups excluding carboxylic acids is 3. The van der Waals surface area contributed by atoms with Crippen LogP contribution in [0.15, 0.2) is 0 Å². The van der Waals surface area contributed by atoms with Crippen LogP contribution in [0.1, 0.15) is 27.2 Å². The number of rotatable bonds is 2. The monoisotopic (exact) mass is 307 g/mol. The van der Waals surface area contributed by atoms with Crippen molar-refractivity contribution < 1.29 is 32.6 Å². The summed E-state index contributed by atoms with van der Waals surface area (Å²) in [6, 6.07) is 0. The van der Waals surface area contributed by atoms with Gasteiger partial charge in [0.05, 0.1) is 7.11 Å². The lowest BCUT2D eigenvalue weighted by Gasteiger charge is -2.35. The lowest BCUT2D eigenvalue weighted by Crippen LogP contribution is -2.53. The second-order valence-corrected chi connectivity index (χ2v) is 5.84. The molecule has 0 saturated carbocycles. The predicted molar refractivity (Wildman–Crippen MR) is 67.6 cm³/mol. The summed E-state index contributed by atoms with van der Waals surface area (Å²) >= 11 is 0. The van der Waals surface area contributed by atoms with Gasteiger partial charge in [-0.1, -0.05) is 0 Å². The predicted octanol–water partition coefficient (Wildman–Crippen LogP) is 1.82. The van der Waals surface area contributed by atoms with E-state index in [0.29, 0.717) is 4.90 Å². The molecule has 1 heterocycles. The molecule has 0 aromatic rings. The van der Waals surface area contributed by atoms with Crippen molar-refractivity contribution in [3.8, 4) is 0 Å². The summed E-state index contributed by atoms with van der Waals surface area (Å²) in [6.45, 7) is 4.28. The number of piperidine rings is 1. The summed E-state index contributed by atoms with van der Waals surface area (Å²) in [4.78, 5) is 36.1. The molecule has 1 aliphatic heterocycles. The number of imide groups is 1. The fourth-order valence-corrected chi connectivity index (χ4v) is 1.99. The average molecular weight is 307 g/mol. The van der Waals surface area contributed by atoms with Crippen LogP contribution in [0.5, 0.6) is 0 Å². The smallest absolute Gasteiger partial charge is 0.417 e. The van der Waals surface area contributed by atoms with Crippen LogP contribution >= 0.6 is 0 Å². The maximum absolute atomic E-state index is 12.9. The van der Waals surface area contributed by atoms with Gasteiger partial charge in [-0.05, 0) is 27.2 Å². The van der Waals surface area contributed by atoms with Crippen molar-refractivity contribution in [2.24, 2.45) is 11.8 Å². The van der Waals surface area contributed by atoms with Crippen molar-refractivity contribution in [3.63, 3.8) is 0 Å².